The van der Waals surface area contributed by atoms with E-state index < -0.39 is 0 Å². The first-order chi connectivity index (χ1) is 7.77. The Labute approximate surface area is 99.2 Å². The summed E-state index contributed by atoms with van der Waals surface area (Å²) in [7, 11) is 0. The van der Waals surface area contributed by atoms with Crippen LogP contribution in [0, 0.1) is 0 Å². The van der Waals surface area contributed by atoms with Gasteiger partial charge < -0.3 is 10.4 Å². The van der Waals surface area contributed by atoms with E-state index in [4.69, 9.17) is 0 Å². The minimum Gasteiger partial charge on any atom is -0.390 e. The van der Waals surface area contributed by atoms with Crippen LogP contribution in [0.4, 0.5) is 0 Å². The number of β-amino-alcohol motifs (C(OH)–C–C–N with tert-alkyl or cyclic N) is 1. The Morgan fingerprint density at radius 1 is 1.06 bits per heavy atom. The van der Waals surface area contributed by atoms with Crippen molar-refractivity contribution in [2.45, 2.75) is 63.6 Å². The summed E-state index contributed by atoms with van der Waals surface area (Å²) in [5, 5.41) is 13.2. The van der Waals surface area contributed by atoms with E-state index in [1.54, 1.807) is 0 Å². The van der Waals surface area contributed by atoms with Crippen molar-refractivity contribution in [1.29, 1.82) is 0 Å². The minimum absolute atomic E-state index is 0.187. The fraction of sp³-hybridized carbons (Fsp3) is 1.00. The smallest absolute Gasteiger partial charge is 0.0791 e. The van der Waals surface area contributed by atoms with Gasteiger partial charge in [-0.1, -0.05) is 25.7 Å². The lowest BCUT2D eigenvalue weighted by Gasteiger charge is -2.35. The number of aliphatic hydroxyl groups is 1. The highest BCUT2D eigenvalue weighted by Gasteiger charge is 2.28. The van der Waals surface area contributed by atoms with Crippen LogP contribution in [0.3, 0.4) is 0 Å². The molecule has 2 fully saturated rings. The monoisotopic (exact) mass is 226 g/mol. The molecule has 0 spiro atoms. The first-order valence-corrected chi connectivity index (χ1v) is 6.92. The molecule has 1 aliphatic carbocycles. The van der Waals surface area contributed by atoms with Gasteiger partial charge in [0, 0.05) is 31.7 Å². The summed E-state index contributed by atoms with van der Waals surface area (Å²) in [6, 6.07) is 1.28. The Hall–Kier alpha value is -0.120. The van der Waals surface area contributed by atoms with Crippen LogP contribution < -0.4 is 5.32 Å². The van der Waals surface area contributed by atoms with Gasteiger partial charge in [-0.15, -0.1) is 0 Å². The molecule has 2 unspecified atom stereocenters. The van der Waals surface area contributed by atoms with Crippen LogP contribution >= 0.6 is 0 Å². The molecule has 0 radical (unpaired) electrons. The second-order valence-corrected chi connectivity index (χ2v) is 5.50. The average molecular weight is 226 g/mol. The van der Waals surface area contributed by atoms with E-state index in [1.807, 2.05) is 0 Å². The van der Waals surface area contributed by atoms with Gasteiger partial charge in [0.25, 0.3) is 0 Å². The first-order valence-electron chi connectivity index (χ1n) is 6.92. The third-order valence-corrected chi connectivity index (χ3v) is 4.10. The molecule has 1 heterocycles. The highest BCUT2D eigenvalue weighted by molar-refractivity contribution is 4.85. The van der Waals surface area contributed by atoms with Crippen molar-refractivity contribution in [3.63, 3.8) is 0 Å². The molecule has 0 aromatic rings. The van der Waals surface area contributed by atoms with Gasteiger partial charge in [-0.05, 0) is 19.8 Å². The molecule has 1 saturated heterocycles. The van der Waals surface area contributed by atoms with Crippen molar-refractivity contribution in [1.82, 2.24) is 10.2 Å². The summed E-state index contributed by atoms with van der Waals surface area (Å²) < 4.78 is 0. The Morgan fingerprint density at radius 3 is 2.44 bits per heavy atom. The lowest BCUT2D eigenvalue weighted by atomic mass is 10.0. The highest BCUT2D eigenvalue weighted by Crippen LogP contribution is 2.24. The Morgan fingerprint density at radius 2 is 1.75 bits per heavy atom. The quantitative estimate of drug-likeness (QED) is 0.663. The Balaban J connectivity index is 1.97. The molecule has 2 aliphatic rings. The normalized spacial score (nSPS) is 35.6. The maximum absolute atomic E-state index is 9.87. The summed E-state index contributed by atoms with van der Waals surface area (Å²) in [5.41, 5.74) is 0. The highest BCUT2D eigenvalue weighted by atomic mass is 16.3. The number of nitrogens with zero attached hydrogens (tertiary/aromatic N) is 1. The topological polar surface area (TPSA) is 35.5 Å². The lowest BCUT2D eigenvalue weighted by Crippen LogP contribution is -2.45. The van der Waals surface area contributed by atoms with Crippen LogP contribution in [0.2, 0.25) is 0 Å². The predicted octanol–water partition coefficient (Wildman–Crippen LogP) is 1.36. The van der Waals surface area contributed by atoms with E-state index in [0.29, 0.717) is 12.1 Å². The van der Waals surface area contributed by atoms with E-state index in [2.05, 4.69) is 17.1 Å². The van der Waals surface area contributed by atoms with E-state index in [9.17, 15) is 5.11 Å². The molecule has 1 aliphatic heterocycles. The van der Waals surface area contributed by atoms with Gasteiger partial charge in [0.1, 0.15) is 0 Å². The predicted molar refractivity (Wildman–Crippen MR) is 66.5 cm³/mol. The van der Waals surface area contributed by atoms with Crippen molar-refractivity contribution in [2.75, 3.05) is 19.6 Å². The number of hydrogen-bond acceptors (Lipinski definition) is 3. The number of aliphatic hydroxyl groups excluding tert-OH is 1. The molecule has 0 aromatic heterocycles. The molecule has 2 rings (SSSR count). The van der Waals surface area contributed by atoms with Gasteiger partial charge in [-0.2, -0.15) is 0 Å². The van der Waals surface area contributed by atoms with Crippen LogP contribution in [0.25, 0.3) is 0 Å². The molecule has 3 nitrogen and oxygen atoms in total. The molecule has 1 saturated carbocycles. The fourth-order valence-electron chi connectivity index (χ4n) is 3.16. The summed E-state index contributed by atoms with van der Waals surface area (Å²) in [6.07, 6.45) is 8.02. The molecule has 0 bridgehead atoms. The zero-order valence-corrected chi connectivity index (χ0v) is 10.5. The second-order valence-electron chi connectivity index (χ2n) is 5.50. The van der Waals surface area contributed by atoms with Gasteiger partial charge in [0.2, 0.25) is 0 Å². The SMILES string of the molecule is CC1CNCC(O)CN1C1CCCCCC1. The maximum atomic E-state index is 9.87. The summed E-state index contributed by atoms with van der Waals surface area (Å²) in [6.45, 7) is 4.93. The zero-order valence-electron chi connectivity index (χ0n) is 10.5. The number of hydrogen-bond donors (Lipinski definition) is 2. The third kappa shape index (κ3) is 3.19. The van der Waals surface area contributed by atoms with E-state index >= 15 is 0 Å². The van der Waals surface area contributed by atoms with Crippen molar-refractivity contribution in [3.8, 4) is 0 Å². The number of nitrogens with one attached hydrogen (secondary N) is 1. The van der Waals surface area contributed by atoms with E-state index in [0.717, 1.165) is 19.6 Å². The summed E-state index contributed by atoms with van der Waals surface area (Å²) >= 11 is 0. The Kier molecular flexibility index (Phi) is 4.62. The molecule has 0 aromatic carbocycles. The van der Waals surface area contributed by atoms with Gasteiger partial charge in [0.15, 0.2) is 0 Å². The van der Waals surface area contributed by atoms with Crippen LogP contribution in [-0.4, -0.2) is 47.8 Å². The van der Waals surface area contributed by atoms with Crippen LogP contribution in [0.5, 0.6) is 0 Å². The second kappa shape index (κ2) is 5.99. The number of rotatable bonds is 1. The standard InChI is InChI=1S/C13H26N2O/c1-11-8-14-9-13(16)10-15(11)12-6-4-2-3-5-7-12/h11-14,16H,2-10H2,1H3. The third-order valence-electron chi connectivity index (χ3n) is 4.10. The summed E-state index contributed by atoms with van der Waals surface area (Å²) in [5.74, 6) is 0. The first kappa shape index (κ1) is 12.3. The van der Waals surface area contributed by atoms with Crippen LogP contribution in [0.1, 0.15) is 45.4 Å². The lowest BCUT2D eigenvalue weighted by molar-refractivity contribution is 0.0760. The molecular formula is C13H26N2O. The van der Waals surface area contributed by atoms with Gasteiger partial charge >= 0.3 is 0 Å². The largest absolute Gasteiger partial charge is 0.390 e. The van der Waals surface area contributed by atoms with Crippen molar-refractivity contribution >= 4 is 0 Å². The van der Waals surface area contributed by atoms with Crippen molar-refractivity contribution in [3.05, 3.63) is 0 Å². The average Bonchev–Trinajstić information content (AvgIpc) is 2.60. The molecular weight excluding hydrogens is 200 g/mol. The van der Waals surface area contributed by atoms with E-state index in [1.165, 1.54) is 38.5 Å². The van der Waals surface area contributed by atoms with Gasteiger partial charge in [-0.25, -0.2) is 0 Å². The van der Waals surface area contributed by atoms with Crippen LogP contribution in [-0.2, 0) is 0 Å². The molecule has 2 atom stereocenters. The van der Waals surface area contributed by atoms with Crippen molar-refractivity contribution < 1.29 is 5.11 Å². The summed E-state index contributed by atoms with van der Waals surface area (Å²) in [4.78, 5) is 2.55. The minimum atomic E-state index is -0.187. The van der Waals surface area contributed by atoms with Gasteiger partial charge in [0.05, 0.1) is 6.10 Å². The molecule has 16 heavy (non-hydrogen) atoms. The molecule has 94 valence electrons. The Bertz CT molecular complexity index is 202. The van der Waals surface area contributed by atoms with Gasteiger partial charge in [-0.3, -0.25) is 4.90 Å². The maximum Gasteiger partial charge on any atom is 0.0791 e. The molecule has 2 N–H and O–H groups in total. The fourth-order valence-corrected chi connectivity index (χ4v) is 3.16. The van der Waals surface area contributed by atoms with E-state index in [-0.39, 0.29) is 6.10 Å². The molecule has 3 heteroatoms. The van der Waals surface area contributed by atoms with Crippen molar-refractivity contribution in [2.24, 2.45) is 0 Å². The molecule has 0 amide bonds. The zero-order chi connectivity index (χ0) is 11.4. The van der Waals surface area contributed by atoms with Crippen LogP contribution in [0.15, 0.2) is 0 Å².